The van der Waals surface area contributed by atoms with Crippen LogP contribution < -0.4 is 14.8 Å². The Morgan fingerprint density at radius 1 is 1.07 bits per heavy atom. The highest BCUT2D eigenvalue weighted by Gasteiger charge is 2.34. The molecule has 0 saturated carbocycles. The standard InChI is InChI=1S/C23H23N3O3/c1-15-22(29-20-7-3-2-6-19(20)28-15)23(27)24-17-11-9-16(10-12-17)18-14-26-13-5-4-8-21(26)25-18/h2-3,6-7,9-12,14-15,22H,4-5,8,13H2,1H3,(H,24,27). The summed E-state index contributed by atoms with van der Waals surface area (Å²) in [6, 6.07) is 15.2. The number of anilines is 1. The van der Waals surface area contributed by atoms with Crippen LogP contribution >= 0.6 is 0 Å². The van der Waals surface area contributed by atoms with E-state index in [2.05, 4.69) is 16.1 Å². The number of ether oxygens (including phenoxy) is 2. The fourth-order valence-corrected chi connectivity index (χ4v) is 3.90. The van der Waals surface area contributed by atoms with Crippen LogP contribution in [-0.2, 0) is 17.8 Å². The number of benzene rings is 2. The number of amides is 1. The van der Waals surface area contributed by atoms with Crippen LogP contribution in [0.2, 0.25) is 0 Å². The molecule has 6 nitrogen and oxygen atoms in total. The van der Waals surface area contributed by atoms with Gasteiger partial charge in [0.05, 0.1) is 5.69 Å². The van der Waals surface area contributed by atoms with Gasteiger partial charge in [0.15, 0.2) is 11.5 Å². The number of nitrogens with one attached hydrogen (secondary N) is 1. The quantitative estimate of drug-likeness (QED) is 0.734. The number of rotatable bonds is 3. The van der Waals surface area contributed by atoms with Gasteiger partial charge in [0.2, 0.25) is 6.10 Å². The van der Waals surface area contributed by atoms with Crippen molar-refractivity contribution in [3.8, 4) is 22.8 Å². The molecule has 1 aromatic heterocycles. The zero-order valence-electron chi connectivity index (χ0n) is 16.3. The van der Waals surface area contributed by atoms with Crippen LogP contribution in [0, 0.1) is 0 Å². The van der Waals surface area contributed by atoms with Crippen LogP contribution in [0.25, 0.3) is 11.3 Å². The molecule has 2 atom stereocenters. The van der Waals surface area contributed by atoms with Gasteiger partial charge in [-0.15, -0.1) is 0 Å². The van der Waals surface area contributed by atoms with Crippen molar-refractivity contribution in [3.05, 3.63) is 60.6 Å². The second-order valence-electron chi connectivity index (χ2n) is 7.57. The van der Waals surface area contributed by atoms with E-state index < -0.39 is 6.10 Å². The first-order valence-corrected chi connectivity index (χ1v) is 10.1. The summed E-state index contributed by atoms with van der Waals surface area (Å²) in [6.45, 7) is 2.88. The number of hydrogen-bond acceptors (Lipinski definition) is 4. The molecule has 2 unspecified atom stereocenters. The van der Waals surface area contributed by atoms with Gasteiger partial charge in [0.1, 0.15) is 11.9 Å². The molecule has 0 bridgehead atoms. The molecule has 1 amide bonds. The molecule has 5 rings (SSSR count). The molecule has 3 heterocycles. The normalized spacial score (nSPS) is 20.0. The Hall–Kier alpha value is -3.28. The minimum Gasteiger partial charge on any atom is -0.482 e. The molecule has 1 N–H and O–H groups in total. The van der Waals surface area contributed by atoms with Crippen molar-refractivity contribution in [2.24, 2.45) is 0 Å². The van der Waals surface area contributed by atoms with Crippen LogP contribution in [0.15, 0.2) is 54.7 Å². The third-order valence-electron chi connectivity index (χ3n) is 5.46. The van der Waals surface area contributed by atoms with Crippen LogP contribution in [0.4, 0.5) is 5.69 Å². The van der Waals surface area contributed by atoms with Crippen molar-refractivity contribution in [1.29, 1.82) is 0 Å². The van der Waals surface area contributed by atoms with E-state index in [0.717, 1.165) is 35.7 Å². The highest BCUT2D eigenvalue weighted by Crippen LogP contribution is 2.33. The number of hydrogen-bond donors (Lipinski definition) is 1. The summed E-state index contributed by atoms with van der Waals surface area (Å²) in [5, 5.41) is 2.93. The molecule has 0 spiro atoms. The van der Waals surface area contributed by atoms with Crippen molar-refractivity contribution in [3.63, 3.8) is 0 Å². The van der Waals surface area contributed by atoms with Crippen molar-refractivity contribution < 1.29 is 14.3 Å². The predicted octanol–water partition coefficient (Wildman–Crippen LogP) is 4.05. The lowest BCUT2D eigenvalue weighted by Gasteiger charge is -2.31. The third-order valence-corrected chi connectivity index (χ3v) is 5.46. The predicted molar refractivity (Wildman–Crippen MR) is 110 cm³/mol. The largest absolute Gasteiger partial charge is 0.482 e. The summed E-state index contributed by atoms with van der Waals surface area (Å²) >= 11 is 0. The Balaban J connectivity index is 1.28. The van der Waals surface area contributed by atoms with Gasteiger partial charge >= 0.3 is 0 Å². The molecule has 3 aromatic rings. The van der Waals surface area contributed by atoms with Crippen molar-refractivity contribution >= 4 is 11.6 Å². The molecule has 2 aliphatic heterocycles. The van der Waals surface area contributed by atoms with E-state index in [-0.39, 0.29) is 12.0 Å². The maximum atomic E-state index is 12.7. The summed E-state index contributed by atoms with van der Waals surface area (Å²) < 4.78 is 13.9. The second kappa shape index (κ2) is 7.28. The first-order valence-electron chi connectivity index (χ1n) is 10.1. The molecule has 2 aromatic carbocycles. The van der Waals surface area contributed by atoms with E-state index in [1.54, 1.807) is 6.07 Å². The molecule has 0 aliphatic carbocycles. The van der Waals surface area contributed by atoms with E-state index in [9.17, 15) is 4.79 Å². The van der Waals surface area contributed by atoms with Crippen molar-refractivity contribution in [2.45, 2.75) is 44.9 Å². The Morgan fingerprint density at radius 2 is 1.83 bits per heavy atom. The number of para-hydroxylation sites is 2. The van der Waals surface area contributed by atoms with Gasteiger partial charge in [-0.25, -0.2) is 4.98 Å². The van der Waals surface area contributed by atoms with E-state index >= 15 is 0 Å². The number of aromatic nitrogens is 2. The van der Waals surface area contributed by atoms with Crippen LogP contribution in [0.5, 0.6) is 11.5 Å². The van der Waals surface area contributed by atoms with Crippen LogP contribution in [-0.4, -0.2) is 27.7 Å². The smallest absolute Gasteiger partial charge is 0.269 e. The molecule has 29 heavy (non-hydrogen) atoms. The summed E-state index contributed by atoms with van der Waals surface area (Å²) in [5.74, 6) is 2.19. The highest BCUT2D eigenvalue weighted by atomic mass is 16.6. The van der Waals surface area contributed by atoms with Crippen LogP contribution in [0.1, 0.15) is 25.6 Å². The van der Waals surface area contributed by atoms with E-state index in [1.807, 2.05) is 49.4 Å². The van der Waals surface area contributed by atoms with E-state index in [4.69, 9.17) is 14.5 Å². The lowest BCUT2D eigenvalue weighted by atomic mass is 10.1. The second-order valence-corrected chi connectivity index (χ2v) is 7.57. The molecule has 0 saturated heterocycles. The Bertz CT molecular complexity index is 1020. The molecular weight excluding hydrogens is 366 g/mol. The van der Waals surface area contributed by atoms with Gasteiger partial charge in [-0.1, -0.05) is 24.3 Å². The topological polar surface area (TPSA) is 65.4 Å². The Labute approximate surface area is 169 Å². The summed E-state index contributed by atoms with van der Waals surface area (Å²) in [4.78, 5) is 17.5. The first-order chi connectivity index (χ1) is 14.2. The summed E-state index contributed by atoms with van der Waals surface area (Å²) in [5.41, 5.74) is 2.75. The lowest BCUT2D eigenvalue weighted by molar-refractivity contribution is -0.128. The number of carbonyl (C=O) groups is 1. The fraction of sp³-hybridized carbons (Fsp3) is 0.304. The monoisotopic (exact) mass is 389 g/mol. The molecule has 0 fully saturated rings. The van der Waals surface area contributed by atoms with Crippen molar-refractivity contribution in [1.82, 2.24) is 9.55 Å². The van der Waals surface area contributed by atoms with Gasteiger partial charge in [-0.3, -0.25) is 4.79 Å². The number of imidazole rings is 1. The SMILES string of the molecule is CC1Oc2ccccc2OC1C(=O)Nc1ccc(-c2cn3c(n2)CCCC3)cc1. The van der Waals surface area contributed by atoms with Crippen molar-refractivity contribution in [2.75, 3.05) is 5.32 Å². The van der Waals surface area contributed by atoms with Gasteiger partial charge in [-0.2, -0.15) is 0 Å². The van der Waals surface area contributed by atoms with Gasteiger partial charge in [0, 0.05) is 30.4 Å². The summed E-state index contributed by atoms with van der Waals surface area (Å²) in [6.07, 6.45) is 4.50. The maximum absolute atomic E-state index is 12.7. The molecule has 148 valence electrons. The lowest BCUT2D eigenvalue weighted by Crippen LogP contribution is -2.46. The number of fused-ring (bicyclic) bond motifs is 2. The highest BCUT2D eigenvalue weighted by molar-refractivity contribution is 5.95. The maximum Gasteiger partial charge on any atom is 0.269 e. The Morgan fingerprint density at radius 3 is 2.59 bits per heavy atom. The zero-order chi connectivity index (χ0) is 19.8. The minimum absolute atomic E-state index is 0.225. The fourth-order valence-electron chi connectivity index (χ4n) is 3.90. The van der Waals surface area contributed by atoms with Gasteiger partial charge in [-0.05, 0) is 44.0 Å². The molecule has 0 radical (unpaired) electrons. The average Bonchev–Trinajstić information content (AvgIpc) is 3.18. The van der Waals surface area contributed by atoms with Gasteiger partial charge in [0.25, 0.3) is 5.91 Å². The van der Waals surface area contributed by atoms with E-state index in [0.29, 0.717) is 11.5 Å². The first kappa shape index (κ1) is 17.8. The van der Waals surface area contributed by atoms with Gasteiger partial charge < -0.3 is 19.4 Å². The third kappa shape index (κ3) is 3.46. The average molecular weight is 389 g/mol. The minimum atomic E-state index is -0.704. The number of nitrogens with zero attached hydrogens (tertiary/aromatic N) is 2. The molecular formula is C23H23N3O3. The van der Waals surface area contributed by atoms with E-state index in [1.165, 1.54) is 12.8 Å². The number of aryl methyl sites for hydroxylation is 2. The molecule has 2 aliphatic rings. The molecule has 6 heteroatoms. The zero-order valence-corrected chi connectivity index (χ0v) is 16.3. The summed E-state index contributed by atoms with van der Waals surface area (Å²) in [7, 11) is 0. The Kier molecular flexibility index (Phi) is 4.46. The number of carbonyl (C=O) groups excluding carboxylic acids is 1. The van der Waals surface area contributed by atoms with Crippen LogP contribution in [0.3, 0.4) is 0 Å².